The molecule has 0 saturated heterocycles. The summed E-state index contributed by atoms with van der Waals surface area (Å²) in [7, 11) is -4.45. The predicted molar refractivity (Wildman–Crippen MR) is 145 cm³/mol. The second-order valence-electron chi connectivity index (χ2n) is 8.32. The van der Waals surface area contributed by atoms with Gasteiger partial charge < -0.3 is 9.15 Å². The normalized spacial score (nSPS) is 11.6. The second kappa shape index (κ2) is 9.84. The lowest BCUT2D eigenvalue weighted by atomic mass is 10.1. The molecule has 0 spiro atoms. The van der Waals surface area contributed by atoms with Crippen molar-refractivity contribution >= 4 is 54.2 Å². The van der Waals surface area contributed by atoms with Crippen LogP contribution in [0.2, 0.25) is 0 Å². The van der Waals surface area contributed by atoms with E-state index in [1.165, 1.54) is 6.07 Å². The Hall–Kier alpha value is -3.95. The van der Waals surface area contributed by atoms with E-state index in [9.17, 15) is 18.0 Å². The van der Waals surface area contributed by atoms with Crippen molar-refractivity contribution in [2.75, 3.05) is 4.31 Å². The van der Waals surface area contributed by atoms with E-state index in [0.717, 1.165) is 16.9 Å². The highest BCUT2D eigenvalue weighted by Crippen LogP contribution is 2.38. The number of hydrogen-bond donors (Lipinski definition) is 0. The van der Waals surface area contributed by atoms with Crippen molar-refractivity contribution in [2.24, 2.45) is 0 Å². The lowest BCUT2D eigenvalue weighted by molar-refractivity contribution is 0.211. The standard InChI is InChI=1S/C28H23NO6S2/c1-3-18-14-15-19(4-2)25(16-18)37(32,33)29(27(30)34-20-10-6-5-7-11-20)23-17-24-26(35-28(31)36-24)22-13-9-8-12-21(22)23/h5-17H,3-4H2,1-2H3. The molecule has 0 atom stereocenters. The zero-order chi connectivity index (χ0) is 26.2. The van der Waals surface area contributed by atoms with Crippen LogP contribution in [0.15, 0.2) is 93.0 Å². The minimum absolute atomic E-state index is 0.0314. The fourth-order valence-corrected chi connectivity index (χ4v) is 6.66. The number of carbonyl (C=O) groups excluding carboxylic acids is 1. The van der Waals surface area contributed by atoms with Crippen LogP contribution >= 0.6 is 11.3 Å². The Kier molecular flexibility index (Phi) is 6.57. The zero-order valence-electron chi connectivity index (χ0n) is 20.1. The predicted octanol–water partition coefficient (Wildman–Crippen LogP) is 6.53. The van der Waals surface area contributed by atoms with Crippen molar-refractivity contribution < 1.29 is 22.4 Å². The number of sulfonamides is 1. The first-order valence-electron chi connectivity index (χ1n) is 11.7. The first kappa shape index (κ1) is 24.7. The smallest absolute Gasteiger partial charge is 0.413 e. The van der Waals surface area contributed by atoms with E-state index >= 15 is 0 Å². The molecule has 1 heterocycles. The van der Waals surface area contributed by atoms with Crippen LogP contribution < -0.4 is 14.0 Å². The summed E-state index contributed by atoms with van der Waals surface area (Å²) in [6.45, 7) is 3.79. The Bertz CT molecular complexity index is 1790. The van der Waals surface area contributed by atoms with Gasteiger partial charge in [-0.3, -0.25) is 0 Å². The number of anilines is 1. The lowest BCUT2D eigenvalue weighted by Gasteiger charge is -2.25. The molecule has 1 aromatic heterocycles. The van der Waals surface area contributed by atoms with Crippen LogP contribution in [0.1, 0.15) is 25.0 Å². The van der Waals surface area contributed by atoms with Gasteiger partial charge in [0.1, 0.15) is 5.75 Å². The molecule has 0 aliphatic heterocycles. The number of para-hydroxylation sites is 1. The molecular weight excluding hydrogens is 510 g/mol. The number of carbonyl (C=O) groups is 1. The van der Waals surface area contributed by atoms with Crippen LogP contribution in [-0.2, 0) is 22.9 Å². The van der Waals surface area contributed by atoms with Crippen LogP contribution in [-0.4, -0.2) is 14.5 Å². The molecule has 0 bridgehead atoms. The average molecular weight is 534 g/mol. The molecule has 9 heteroatoms. The van der Waals surface area contributed by atoms with Crippen LogP contribution in [0.4, 0.5) is 10.5 Å². The SMILES string of the molecule is CCc1ccc(CC)c(S(=O)(=O)N(C(=O)Oc2ccccc2)c2cc3sc(=O)oc3c3ccccc23)c1. The molecule has 188 valence electrons. The number of nitrogens with zero attached hydrogens (tertiary/aromatic N) is 1. The highest BCUT2D eigenvalue weighted by atomic mass is 32.2. The van der Waals surface area contributed by atoms with E-state index in [4.69, 9.17) is 9.15 Å². The van der Waals surface area contributed by atoms with Crippen molar-refractivity contribution in [3.05, 3.63) is 99.7 Å². The Morgan fingerprint density at radius 3 is 2.32 bits per heavy atom. The number of fused-ring (bicyclic) bond motifs is 3. The maximum Gasteiger partial charge on any atom is 0.434 e. The third kappa shape index (κ3) is 4.52. The molecule has 0 aliphatic carbocycles. The Morgan fingerprint density at radius 1 is 0.919 bits per heavy atom. The summed E-state index contributed by atoms with van der Waals surface area (Å²) < 4.78 is 40.7. The molecule has 0 N–H and O–H groups in total. The first-order valence-corrected chi connectivity index (χ1v) is 14.0. The number of amides is 1. The summed E-state index contributed by atoms with van der Waals surface area (Å²) in [6, 6.07) is 21.9. The highest BCUT2D eigenvalue weighted by molar-refractivity contribution is 7.93. The van der Waals surface area contributed by atoms with Gasteiger partial charge in [-0.2, -0.15) is 4.31 Å². The zero-order valence-corrected chi connectivity index (χ0v) is 21.8. The van der Waals surface area contributed by atoms with Gasteiger partial charge in [-0.05, 0) is 48.2 Å². The van der Waals surface area contributed by atoms with Crippen molar-refractivity contribution in [3.63, 3.8) is 0 Å². The maximum absolute atomic E-state index is 14.3. The Morgan fingerprint density at radius 2 is 1.62 bits per heavy atom. The van der Waals surface area contributed by atoms with Gasteiger partial charge in [0.2, 0.25) is 0 Å². The number of aryl methyl sites for hydroxylation is 2. The first-order chi connectivity index (χ1) is 17.8. The quantitative estimate of drug-likeness (QED) is 0.246. The van der Waals surface area contributed by atoms with Crippen molar-refractivity contribution in [3.8, 4) is 5.75 Å². The van der Waals surface area contributed by atoms with Gasteiger partial charge in [0, 0.05) is 10.8 Å². The summed E-state index contributed by atoms with van der Waals surface area (Å²) in [5, 5.41) is 0.939. The Balaban J connectivity index is 1.80. The summed E-state index contributed by atoms with van der Waals surface area (Å²) >= 11 is 0.839. The molecular formula is C28H23NO6S2. The van der Waals surface area contributed by atoms with Gasteiger partial charge in [0.05, 0.1) is 15.3 Å². The molecule has 0 unspecified atom stereocenters. The minimum atomic E-state index is -4.45. The number of ether oxygens (including phenoxy) is 1. The van der Waals surface area contributed by atoms with E-state index in [-0.39, 0.29) is 16.3 Å². The average Bonchev–Trinajstić information content (AvgIpc) is 3.29. The number of rotatable bonds is 6. The van der Waals surface area contributed by atoms with Gasteiger partial charge in [-0.1, -0.05) is 79.8 Å². The van der Waals surface area contributed by atoms with Crippen LogP contribution in [0, 0.1) is 0 Å². The molecule has 0 fully saturated rings. The monoisotopic (exact) mass is 533 g/mol. The van der Waals surface area contributed by atoms with Crippen molar-refractivity contribution in [1.29, 1.82) is 0 Å². The van der Waals surface area contributed by atoms with Crippen molar-refractivity contribution in [1.82, 2.24) is 0 Å². The van der Waals surface area contributed by atoms with E-state index in [2.05, 4.69) is 0 Å². The van der Waals surface area contributed by atoms with Gasteiger partial charge in [-0.15, -0.1) is 0 Å². The van der Waals surface area contributed by atoms with Gasteiger partial charge in [0.15, 0.2) is 5.58 Å². The maximum atomic E-state index is 14.3. The van der Waals surface area contributed by atoms with Gasteiger partial charge >= 0.3 is 11.0 Å². The third-order valence-corrected chi connectivity index (χ3v) is 8.63. The molecule has 7 nitrogen and oxygen atoms in total. The molecule has 0 radical (unpaired) electrons. The number of hydrogen-bond acceptors (Lipinski definition) is 7. The Labute approximate surface area is 217 Å². The third-order valence-electron chi connectivity index (χ3n) is 6.09. The van der Waals surface area contributed by atoms with Crippen LogP contribution in [0.5, 0.6) is 5.75 Å². The van der Waals surface area contributed by atoms with E-state index < -0.39 is 21.1 Å². The number of benzene rings is 4. The molecule has 0 aliphatic rings. The topological polar surface area (TPSA) is 93.9 Å². The van der Waals surface area contributed by atoms with Gasteiger partial charge in [0.25, 0.3) is 10.0 Å². The second-order valence-corrected chi connectivity index (χ2v) is 11.1. The van der Waals surface area contributed by atoms with E-state index in [1.807, 2.05) is 19.9 Å². The van der Waals surface area contributed by atoms with Gasteiger partial charge in [-0.25, -0.2) is 18.0 Å². The molecule has 5 rings (SSSR count). The molecule has 0 saturated carbocycles. The summed E-state index contributed by atoms with van der Waals surface area (Å²) in [4.78, 5) is 25.3. The van der Waals surface area contributed by atoms with Crippen LogP contribution in [0.3, 0.4) is 0 Å². The molecule has 4 aromatic carbocycles. The fraction of sp³-hybridized carbons (Fsp3) is 0.143. The summed E-state index contributed by atoms with van der Waals surface area (Å²) in [5.41, 5.74) is 1.81. The van der Waals surface area contributed by atoms with E-state index in [1.54, 1.807) is 66.7 Å². The summed E-state index contributed by atoms with van der Waals surface area (Å²) in [6.07, 6.45) is -0.0160. The highest BCUT2D eigenvalue weighted by Gasteiger charge is 2.36. The van der Waals surface area contributed by atoms with E-state index in [0.29, 0.717) is 43.8 Å². The summed E-state index contributed by atoms with van der Waals surface area (Å²) in [5.74, 6) is 0.198. The minimum Gasteiger partial charge on any atom is -0.413 e. The molecule has 37 heavy (non-hydrogen) atoms. The van der Waals surface area contributed by atoms with Crippen molar-refractivity contribution in [2.45, 2.75) is 31.6 Å². The van der Waals surface area contributed by atoms with Crippen LogP contribution in [0.25, 0.3) is 21.1 Å². The fourth-order valence-electron chi connectivity index (χ4n) is 4.25. The molecule has 1 amide bonds. The largest absolute Gasteiger partial charge is 0.434 e. The lowest BCUT2D eigenvalue weighted by Crippen LogP contribution is -2.39. The molecule has 5 aromatic rings.